The van der Waals surface area contributed by atoms with E-state index < -0.39 is 0 Å². The highest BCUT2D eigenvalue weighted by Gasteiger charge is 2.35. The molecule has 1 aliphatic carbocycles. The molecule has 1 saturated carbocycles. The lowest BCUT2D eigenvalue weighted by Gasteiger charge is -2.22. The highest BCUT2D eigenvalue weighted by Crippen LogP contribution is 2.43. The van der Waals surface area contributed by atoms with Crippen molar-refractivity contribution in [3.8, 4) is 0 Å². The Balaban J connectivity index is 1.94. The number of fused-ring (bicyclic) bond motifs is 1. The van der Waals surface area contributed by atoms with E-state index in [0.717, 1.165) is 34.2 Å². The smallest absolute Gasteiger partial charge is 0.134 e. The van der Waals surface area contributed by atoms with E-state index in [0.29, 0.717) is 12.0 Å². The molecule has 1 aliphatic rings. The Hall–Kier alpha value is -0.990. The average molecular weight is 278 g/mol. The van der Waals surface area contributed by atoms with Crippen LogP contribution < -0.4 is 5.32 Å². The number of hydrogen-bond donors (Lipinski definition) is 1. The summed E-state index contributed by atoms with van der Waals surface area (Å²) in [5, 5.41) is 5.42. The predicted octanol–water partition coefficient (Wildman–Crippen LogP) is 4.78. The highest BCUT2D eigenvalue weighted by molar-refractivity contribution is 6.31. The van der Waals surface area contributed by atoms with E-state index in [2.05, 4.69) is 25.2 Å². The molecule has 0 amide bonds. The van der Waals surface area contributed by atoms with Gasteiger partial charge in [-0.3, -0.25) is 0 Å². The van der Waals surface area contributed by atoms with Crippen LogP contribution in [0.3, 0.4) is 0 Å². The molecule has 1 N–H and O–H groups in total. The molecule has 1 fully saturated rings. The van der Waals surface area contributed by atoms with Crippen LogP contribution in [-0.4, -0.2) is 6.54 Å². The van der Waals surface area contributed by atoms with Crippen LogP contribution in [0.1, 0.15) is 38.5 Å². The van der Waals surface area contributed by atoms with Gasteiger partial charge in [-0.1, -0.05) is 25.4 Å². The molecule has 0 saturated heterocycles. The van der Waals surface area contributed by atoms with Gasteiger partial charge in [-0.15, -0.1) is 0 Å². The van der Waals surface area contributed by atoms with E-state index in [1.165, 1.54) is 12.8 Å². The second kappa shape index (κ2) is 5.18. The van der Waals surface area contributed by atoms with Crippen LogP contribution in [0.15, 0.2) is 28.7 Å². The first-order valence-corrected chi connectivity index (χ1v) is 7.49. The maximum Gasteiger partial charge on any atom is 0.134 e. The average Bonchev–Trinajstić information content (AvgIpc) is 3.15. The summed E-state index contributed by atoms with van der Waals surface area (Å²) in [6.45, 7) is 5.43. The lowest BCUT2D eigenvalue weighted by Crippen LogP contribution is -2.27. The Kier molecular flexibility index (Phi) is 3.55. The topological polar surface area (TPSA) is 25.2 Å². The standard InChI is InChI=1S/C16H20ClNO/c1-3-18-16(10(2)11-4-5-11)15-9-12-8-13(17)6-7-14(12)19-15/h6-11,16,18H,3-5H2,1-2H3. The van der Waals surface area contributed by atoms with Gasteiger partial charge >= 0.3 is 0 Å². The Morgan fingerprint density at radius 3 is 2.84 bits per heavy atom. The summed E-state index contributed by atoms with van der Waals surface area (Å²) in [6, 6.07) is 8.24. The fourth-order valence-electron chi connectivity index (χ4n) is 2.85. The summed E-state index contributed by atoms with van der Waals surface area (Å²) >= 11 is 6.03. The first-order chi connectivity index (χ1) is 9.19. The van der Waals surface area contributed by atoms with Gasteiger partial charge in [0.15, 0.2) is 0 Å². The summed E-state index contributed by atoms with van der Waals surface area (Å²) < 4.78 is 6.02. The maximum atomic E-state index is 6.03. The minimum absolute atomic E-state index is 0.309. The van der Waals surface area contributed by atoms with Crippen LogP contribution in [0.5, 0.6) is 0 Å². The molecule has 0 bridgehead atoms. The maximum absolute atomic E-state index is 6.03. The molecule has 102 valence electrons. The molecule has 2 unspecified atom stereocenters. The zero-order valence-corrected chi connectivity index (χ0v) is 12.2. The van der Waals surface area contributed by atoms with Crippen molar-refractivity contribution in [1.29, 1.82) is 0 Å². The molecule has 1 aromatic carbocycles. The van der Waals surface area contributed by atoms with E-state index in [-0.39, 0.29) is 0 Å². The quantitative estimate of drug-likeness (QED) is 0.850. The van der Waals surface area contributed by atoms with Crippen molar-refractivity contribution in [3.63, 3.8) is 0 Å². The second-order valence-electron chi connectivity index (χ2n) is 5.56. The van der Waals surface area contributed by atoms with Crippen molar-refractivity contribution in [2.45, 2.75) is 32.7 Å². The first kappa shape index (κ1) is 13.0. The second-order valence-corrected chi connectivity index (χ2v) is 6.00. The molecule has 3 heteroatoms. The zero-order valence-electron chi connectivity index (χ0n) is 11.4. The molecule has 2 nitrogen and oxygen atoms in total. The van der Waals surface area contributed by atoms with Gasteiger partial charge in [-0.05, 0) is 55.5 Å². The van der Waals surface area contributed by atoms with Crippen LogP contribution in [-0.2, 0) is 0 Å². The molecular weight excluding hydrogens is 258 g/mol. The lowest BCUT2D eigenvalue weighted by atomic mass is 9.94. The van der Waals surface area contributed by atoms with Crippen LogP contribution >= 0.6 is 11.6 Å². The summed E-state index contributed by atoms with van der Waals surface area (Å²) in [4.78, 5) is 0. The van der Waals surface area contributed by atoms with Crippen LogP contribution in [0.4, 0.5) is 0 Å². The number of nitrogens with one attached hydrogen (secondary N) is 1. The zero-order chi connectivity index (χ0) is 13.4. The monoisotopic (exact) mass is 277 g/mol. The number of furan rings is 1. The number of benzene rings is 1. The molecule has 19 heavy (non-hydrogen) atoms. The molecule has 0 radical (unpaired) electrons. The minimum atomic E-state index is 0.309. The fourth-order valence-corrected chi connectivity index (χ4v) is 3.03. The number of hydrogen-bond acceptors (Lipinski definition) is 2. The molecular formula is C16H20ClNO. The van der Waals surface area contributed by atoms with Crippen molar-refractivity contribution < 1.29 is 4.42 Å². The van der Waals surface area contributed by atoms with Gasteiger partial charge in [0.2, 0.25) is 0 Å². The third-order valence-electron chi connectivity index (χ3n) is 4.12. The van der Waals surface area contributed by atoms with Gasteiger partial charge in [0.1, 0.15) is 11.3 Å². The summed E-state index contributed by atoms with van der Waals surface area (Å²) in [5.74, 6) is 2.51. The SMILES string of the molecule is CCNC(c1cc2cc(Cl)ccc2o1)C(C)C1CC1. The van der Waals surface area contributed by atoms with E-state index >= 15 is 0 Å². The molecule has 1 aromatic heterocycles. The molecule has 0 spiro atoms. The Bertz CT molecular complexity index is 573. The summed E-state index contributed by atoms with van der Waals surface area (Å²) in [6.07, 6.45) is 2.71. The van der Waals surface area contributed by atoms with Gasteiger partial charge < -0.3 is 9.73 Å². The third kappa shape index (κ3) is 2.65. The number of rotatable bonds is 5. The van der Waals surface area contributed by atoms with Crippen molar-refractivity contribution in [1.82, 2.24) is 5.32 Å². The van der Waals surface area contributed by atoms with Gasteiger partial charge in [0, 0.05) is 10.4 Å². The summed E-state index contributed by atoms with van der Waals surface area (Å²) in [5.41, 5.74) is 0.922. The first-order valence-electron chi connectivity index (χ1n) is 7.11. The fraction of sp³-hybridized carbons (Fsp3) is 0.500. The van der Waals surface area contributed by atoms with Crippen molar-refractivity contribution in [2.24, 2.45) is 11.8 Å². The molecule has 3 rings (SSSR count). The van der Waals surface area contributed by atoms with Crippen LogP contribution in [0.25, 0.3) is 11.0 Å². The molecule has 1 heterocycles. The molecule has 0 aliphatic heterocycles. The third-order valence-corrected chi connectivity index (χ3v) is 4.35. The number of halogens is 1. The largest absolute Gasteiger partial charge is 0.459 e. The van der Waals surface area contributed by atoms with E-state index in [1.54, 1.807) is 0 Å². The van der Waals surface area contributed by atoms with Crippen molar-refractivity contribution in [3.05, 3.63) is 35.0 Å². The summed E-state index contributed by atoms with van der Waals surface area (Å²) in [7, 11) is 0. The molecule has 2 aromatic rings. The van der Waals surface area contributed by atoms with E-state index in [1.807, 2.05) is 18.2 Å². The Morgan fingerprint density at radius 2 is 2.16 bits per heavy atom. The van der Waals surface area contributed by atoms with Crippen LogP contribution in [0.2, 0.25) is 5.02 Å². The van der Waals surface area contributed by atoms with Gasteiger partial charge in [0.25, 0.3) is 0 Å². The predicted molar refractivity (Wildman–Crippen MR) is 79.5 cm³/mol. The Morgan fingerprint density at radius 1 is 1.37 bits per heavy atom. The van der Waals surface area contributed by atoms with E-state index in [4.69, 9.17) is 16.0 Å². The minimum Gasteiger partial charge on any atom is -0.459 e. The van der Waals surface area contributed by atoms with Gasteiger partial charge in [-0.25, -0.2) is 0 Å². The van der Waals surface area contributed by atoms with Crippen LogP contribution in [0, 0.1) is 11.8 Å². The normalized spacial score (nSPS) is 18.7. The van der Waals surface area contributed by atoms with Crippen molar-refractivity contribution in [2.75, 3.05) is 6.54 Å². The lowest BCUT2D eigenvalue weighted by molar-refractivity contribution is 0.311. The van der Waals surface area contributed by atoms with E-state index in [9.17, 15) is 0 Å². The van der Waals surface area contributed by atoms with Gasteiger partial charge in [-0.2, -0.15) is 0 Å². The van der Waals surface area contributed by atoms with Crippen molar-refractivity contribution >= 4 is 22.6 Å². The Labute approximate surface area is 119 Å². The highest BCUT2D eigenvalue weighted by atomic mass is 35.5. The molecule has 2 atom stereocenters. The van der Waals surface area contributed by atoms with Gasteiger partial charge in [0.05, 0.1) is 6.04 Å².